The van der Waals surface area contributed by atoms with Crippen LogP contribution < -0.4 is 9.47 Å². The zero-order valence-corrected chi connectivity index (χ0v) is 19.6. The Bertz CT molecular complexity index is 600. The van der Waals surface area contributed by atoms with Crippen molar-refractivity contribution in [3.05, 3.63) is 23.3 Å². The van der Waals surface area contributed by atoms with Crippen LogP contribution in [0.2, 0.25) is 0 Å². The van der Waals surface area contributed by atoms with E-state index in [-0.39, 0.29) is 23.6 Å². The molecule has 0 saturated carbocycles. The molecule has 0 fully saturated rings. The molecule has 1 aromatic rings. The van der Waals surface area contributed by atoms with Crippen molar-refractivity contribution in [1.82, 2.24) is 4.90 Å². The van der Waals surface area contributed by atoms with Gasteiger partial charge >= 0.3 is 5.97 Å². The van der Waals surface area contributed by atoms with Crippen molar-refractivity contribution in [2.24, 2.45) is 0 Å². The zero-order valence-electron chi connectivity index (χ0n) is 16.5. The number of ether oxygens (including phenoxy) is 2. The molecular formula is C19H29Cl4NO4. The number of carboxylic acids is 1. The highest BCUT2D eigenvalue weighted by atomic mass is 35.5. The number of halogens is 4. The minimum atomic E-state index is -0.977. The average molecular weight is 477 g/mol. The highest BCUT2D eigenvalue weighted by molar-refractivity contribution is 6.18. The number of hydrogen-bond donors (Lipinski definition) is 1. The van der Waals surface area contributed by atoms with E-state index in [4.69, 9.17) is 49.4 Å². The quantitative estimate of drug-likeness (QED) is 0.539. The second-order valence-electron chi connectivity index (χ2n) is 6.70. The van der Waals surface area contributed by atoms with E-state index in [9.17, 15) is 4.79 Å². The lowest BCUT2D eigenvalue weighted by atomic mass is 9.92. The van der Waals surface area contributed by atoms with E-state index in [0.29, 0.717) is 23.4 Å². The lowest BCUT2D eigenvalue weighted by molar-refractivity contribution is 0.0690. The molecule has 162 valence electrons. The normalized spacial score (nSPS) is 14.1. The van der Waals surface area contributed by atoms with Gasteiger partial charge in [-0.15, -0.1) is 47.2 Å². The van der Waals surface area contributed by atoms with Gasteiger partial charge in [-0.25, -0.2) is 4.79 Å². The molecule has 1 aromatic carbocycles. The fraction of sp³-hybridized carbons (Fsp3) is 0.632. The summed E-state index contributed by atoms with van der Waals surface area (Å²) in [6.07, 6.45) is 1.62. The summed E-state index contributed by atoms with van der Waals surface area (Å²) in [5.74, 6) is 2.11. The summed E-state index contributed by atoms with van der Waals surface area (Å²) in [5.41, 5.74) is 0.837. The third-order valence-corrected chi connectivity index (χ3v) is 4.72. The Balaban J connectivity index is 0.000000577. The minimum Gasteiger partial charge on any atom is -0.495 e. The maximum absolute atomic E-state index is 11.1. The minimum absolute atomic E-state index is 0. The van der Waals surface area contributed by atoms with Crippen LogP contribution in [0.5, 0.6) is 11.5 Å². The molecule has 0 unspecified atom stereocenters. The molecule has 0 saturated heterocycles. The van der Waals surface area contributed by atoms with Gasteiger partial charge in [0.2, 0.25) is 0 Å². The summed E-state index contributed by atoms with van der Waals surface area (Å²) in [6, 6.07) is 3.24. The topological polar surface area (TPSA) is 59.0 Å². The van der Waals surface area contributed by atoms with Crippen molar-refractivity contribution in [3.63, 3.8) is 0 Å². The lowest BCUT2D eigenvalue weighted by Gasteiger charge is -2.33. The van der Waals surface area contributed by atoms with Gasteiger partial charge < -0.3 is 14.6 Å². The van der Waals surface area contributed by atoms with Crippen molar-refractivity contribution in [2.75, 3.05) is 44.4 Å². The van der Waals surface area contributed by atoms with Gasteiger partial charge in [0.05, 0.1) is 7.11 Å². The van der Waals surface area contributed by atoms with Crippen molar-refractivity contribution in [2.45, 2.75) is 32.3 Å². The second-order valence-corrected chi connectivity index (χ2v) is 7.83. The Morgan fingerprint density at radius 2 is 1.71 bits per heavy atom. The summed E-state index contributed by atoms with van der Waals surface area (Å²) >= 11 is 16.6. The Morgan fingerprint density at radius 1 is 1.18 bits per heavy atom. The zero-order chi connectivity index (χ0) is 20.4. The SMILES string of the molecule is COc1c(C(=O)O)ccc2c1CCC(C)(C)O2.Cl.ClCCN(CCCl)CCCl. The van der Waals surface area contributed by atoms with Crippen LogP contribution >= 0.6 is 47.2 Å². The third-order valence-electron chi connectivity index (χ3n) is 4.22. The van der Waals surface area contributed by atoms with Crippen LogP contribution in [0.3, 0.4) is 0 Å². The first-order chi connectivity index (χ1) is 12.8. The number of methoxy groups -OCH3 is 1. The number of rotatable bonds is 8. The number of fused-ring (bicyclic) bond motifs is 1. The Kier molecular flexibility index (Phi) is 13.3. The van der Waals surface area contributed by atoms with Crippen LogP contribution in [0, 0.1) is 0 Å². The van der Waals surface area contributed by atoms with Crippen LogP contribution in [-0.2, 0) is 6.42 Å². The third kappa shape index (κ3) is 8.42. The molecule has 1 aliphatic rings. The first-order valence-electron chi connectivity index (χ1n) is 8.82. The molecule has 0 atom stereocenters. The average Bonchev–Trinajstić information content (AvgIpc) is 2.61. The number of benzene rings is 1. The predicted octanol–water partition coefficient (Wildman–Crippen LogP) is 4.92. The van der Waals surface area contributed by atoms with Crippen molar-refractivity contribution in [3.8, 4) is 11.5 Å². The molecule has 9 heteroatoms. The molecule has 0 radical (unpaired) electrons. The molecule has 5 nitrogen and oxygen atoms in total. The summed E-state index contributed by atoms with van der Waals surface area (Å²) < 4.78 is 11.0. The molecule has 0 amide bonds. The molecule has 0 spiro atoms. The van der Waals surface area contributed by atoms with Gasteiger partial charge in [-0.3, -0.25) is 4.90 Å². The molecule has 2 rings (SSSR count). The number of nitrogens with zero attached hydrogens (tertiary/aromatic N) is 1. The summed E-state index contributed by atoms with van der Waals surface area (Å²) in [5, 5.41) is 9.08. The number of carbonyl (C=O) groups is 1. The summed E-state index contributed by atoms with van der Waals surface area (Å²) in [7, 11) is 1.49. The monoisotopic (exact) mass is 475 g/mol. The van der Waals surface area contributed by atoms with Crippen molar-refractivity contribution in [1.29, 1.82) is 0 Å². The van der Waals surface area contributed by atoms with E-state index in [1.165, 1.54) is 13.2 Å². The number of alkyl halides is 3. The van der Waals surface area contributed by atoms with E-state index in [1.54, 1.807) is 6.07 Å². The van der Waals surface area contributed by atoms with Gasteiger partial charge in [-0.05, 0) is 38.8 Å². The smallest absolute Gasteiger partial charge is 0.339 e. The number of hydrogen-bond acceptors (Lipinski definition) is 4. The Hall–Kier alpha value is -0.590. The molecule has 1 N–H and O–H groups in total. The Labute approximate surface area is 188 Å². The van der Waals surface area contributed by atoms with Crippen molar-refractivity contribution < 1.29 is 19.4 Å². The van der Waals surface area contributed by atoms with Crippen LogP contribution in [0.15, 0.2) is 12.1 Å². The second kappa shape index (κ2) is 13.6. The molecule has 28 heavy (non-hydrogen) atoms. The van der Waals surface area contributed by atoms with Crippen molar-refractivity contribution >= 4 is 53.2 Å². The molecule has 0 aliphatic carbocycles. The van der Waals surface area contributed by atoms with E-state index < -0.39 is 5.97 Å². The molecule has 1 aliphatic heterocycles. The molecular weight excluding hydrogens is 448 g/mol. The summed E-state index contributed by atoms with van der Waals surface area (Å²) in [6.45, 7) is 6.67. The number of aromatic carboxylic acids is 1. The first kappa shape index (κ1) is 27.4. The van der Waals surface area contributed by atoms with Gasteiger partial charge in [0, 0.05) is 42.8 Å². The largest absolute Gasteiger partial charge is 0.495 e. The van der Waals surface area contributed by atoms with Gasteiger partial charge in [0.1, 0.15) is 22.7 Å². The fourth-order valence-corrected chi connectivity index (χ4v) is 3.53. The fourth-order valence-electron chi connectivity index (χ4n) is 2.81. The summed E-state index contributed by atoms with van der Waals surface area (Å²) in [4.78, 5) is 13.2. The van der Waals surface area contributed by atoms with E-state index in [0.717, 1.165) is 43.8 Å². The van der Waals surface area contributed by atoms with Gasteiger partial charge in [0.15, 0.2) is 0 Å². The van der Waals surface area contributed by atoms with E-state index in [1.807, 2.05) is 13.8 Å². The van der Waals surface area contributed by atoms with E-state index >= 15 is 0 Å². The van der Waals surface area contributed by atoms with E-state index in [2.05, 4.69) is 4.90 Å². The van der Waals surface area contributed by atoms with Crippen LogP contribution in [0.25, 0.3) is 0 Å². The van der Waals surface area contributed by atoms with Gasteiger partial charge in [-0.2, -0.15) is 0 Å². The first-order valence-corrected chi connectivity index (χ1v) is 10.4. The predicted molar refractivity (Wildman–Crippen MR) is 119 cm³/mol. The highest BCUT2D eigenvalue weighted by Gasteiger charge is 2.30. The van der Waals surface area contributed by atoms with Gasteiger partial charge in [-0.1, -0.05) is 0 Å². The molecule has 1 heterocycles. The van der Waals surface area contributed by atoms with Crippen LogP contribution in [0.4, 0.5) is 0 Å². The standard InChI is InChI=1S/C13H16O4.C6H12Cl3N.ClH/c1-13(2)7-6-8-10(17-13)5-4-9(12(14)15)11(8)16-3;7-1-4-10(5-2-8)6-3-9;/h4-5H,6-7H2,1-3H3,(H,14,15);1-6H2;1H. The number of carboxylic acid groups (broad SMARTS) is 1. The molecule has 0 bridgehead atoms. The lowest BCUT2D eigenvalue weighted by Crippen LogP contribution is -2.32. The highest BCUT2D eigenvalue weighted by Crippen LogP contribution is 2.40. The van der Waals surface area contributed by atoms with Crippen LogP contribution in [-0.4, -0.2) is 66.0 Å². The molecule has 0 aromatic heterocycles. The van der Waals surface area contributed by atoms with Gasteiger partial charge in [0.25, 0.3) is 0 Å². The maximum Gasteiger partial charge on any atom is 0.339 e. The Morgan fingerprint density at radius 3 is 2.14 bits per heavy atom. The maximum atomic E-state index is 11.1. The van der Waals surface area contributed by atoms with Crippen LogP contribution in [0.1, 0.15) is 36.2 Å².